The fourth-order valence-electron chi connectivity index (χ4n) is 0.938. The van der Waals surface area contributed by atoms with Gasteiger partial charge in [0.1, 0.15) is 0 Å². The Balaban J connectivity index is 3.51. The van der Waals surface area contributed by atoms with E-state index in [1.807, 2.05) is 0 Å². The van der Waals surface area contributed by atoms with Crippen LogP contribution in [0.1, 0.15) is 11.3 Å². The zero-order valence-electron chi connectivity index (χ0n) is 6.56. The van der Waals surface area contributed by atoms with Crippen LogP contribution in [-0.2, 0) is 0 Å². The van der Waals surface area contributed by atoms with E-state index in [1.165, 1.54) is 6.08 Å². The van der Waals surface area contributed by atoms with Crippen molar-refractivity contribution < 1.29 is 4.39 Å². The van der Waals surface area contributed by atoms with Gasteiger partial charge in [0.2, 0.25) is 0 Å². The summed E-state index contributed by atoms with van der Waals surface area (Å²) in [4.78, 5) is 3.74. The van der Waals surface area contributed by atoms with Gasteiger partial charge in [-0.05, 0) is 6.92 Å². The molecule has 1 heterocycles. The van der Waals surface area contributed by atoms with Crippen molar-refractivity contribution in [2.45, 2.75) is 6.92 Å². The van der Waals surface area contributed by atoms with Crippen LogP contribution in [0.5, 0.6) is 0 Å². The molecule has 4 heteroatoms. The number of nitrogens with zero attached hydrogens (tertiary/aromatic N) is 1. The van der Waals surface area contributed by atoms with Gasteiger partial charge in [-0.15, -0.1) is 0 Å². The SMILES string of the molecule is C=Cc1c(C)nc(Cl)c(F)c1N. The number of hydrogen-bond acceptors (Lipinski definition) is 2. The second-order valence-corrected chi connectivity index (χ2v) is 2.69. The van der Waals surface area contributed by atoms with Crippen LogP contribution >= 0.6 is 11.6 Å². The minimum Gasteiger partial charge on any atom is -0.396 e. The van der Waals surface area contributed by atoms with Gasteiger partial charge in [-0.3, -0.25) is 0 Å². The van der Waals surface area contributed by atoms with E-state index in [-0.39, 0.29) is 10.8 Å². The van der Waals surface area contributed by atoms with E-state index in [0.717, 1.165) is 0 Å². The number of anilines is 1. The molecule has 1 rings (SSSR count). The Hall–Kier alpha value is -1.09. The standard InChI is InChI=1S/C8H8ClFN2/c1-3-5-4(2)12-8(9)6(10)7(5)11/h3H,1H2,2H3,(H2,11,12). The summed E-state index contributed by atoms with van der Waals surface area (Å²) in [6.45, 7) is 5.19. The molecule has 0 bridgehead atoms. The monoisotopic (exact) mass is 186 g/mol. The number of pyridine rings is 1. The zero-order valence-corrected chi connectivity index (χ0v) is 7.32. The van der Waals surface area contributed by atoms with Crippen molar-refractivity contribution in [2.24, 2.45) is 0 Å². The van der Waals surface area contributed by atoms with Crippen LogP contribution in [0.3, 0.4) is 0 Å². The van der Waals surface area contributed by atoms with Gasteiger partial charge in [-0.2, -0.15) is 0 Å². The highest BCUT2D eigenvalue weighted by molar-refractivity contribution is 6.29. The lowest BCUT2D eigenvalue weighted by Crippen LogP contribution is -2.00. The van der Waals surface area contributed by atoms with E-state index >= 15 is 0 Å². The van der Waals surface area contributed by atoms with E-state index < -0.39 is 5.82 Å². The first kappa shape index (κ1) is 9.00. The minimum atomic E-state index is -0.683. The Morgan fingerprint density at radius 2 is 2.25 bits per heavy atom. The maximum absolute atomic E-state index is 13.0. The number of aryl methyl sites for hydroxylation is 1. The van der Waals surface area contributed by atoms with Crippen LogP contribution in [0.15, 0.2) is 6.58 Å². The molecule has 0 aromatic carbocycles. The molecule has 0 aliphatic rings. The molecule has 0 amide bonds. The predicted molar refractivity (Wildman–Crippen MR) is 48.4 cm³/mol. The molecule has 64 valence electrons. The summed E-state index contributed by atoms with van der Waals surface area (Å²) in [7, 11) is 0. The van der Waals surface area contributed by atoms with Crippen LogP contribution < -0.4 is 5.73 Å². The summed E-state index contributed by atoms with van der Waals surface area (Å²) in [6, 6.07) is 0. The summed E-state index contributed by atoms with van der Waals surface area (Å²) >= 11 is 5.45. The molecule has 1 aromatic rings. The summed E-state index contributed by atoms with van der Waals surface area (Å²) in [6.07, 6.45) is 1.46. The first-order valence-corrected chi connectivity index (χ1v) is 3.69. The third-order valence-electron chi connectivity index (χ3n) is 1.57. The van der Waals surface area contributed by atoms with Crippen LogP contribution in [-0.4, -0.2) is 4.98 Å². The van der Waals surface area contributed by atoms with Crippen LogP contribution in [0, 0.1) is 12.7 Å². The predicted octanol–water partition coefficient (Wildman–Crippen LogP) is 2.41. The Morgan fingerprint density at radius 3 is 2.75 bits per heavy atom. The lowest BCUT2D eigenvalue weighted by Gasteiger charge is -2.05. The molecule has 0 spiro atoms. The van der Waals surface area contributed by atoms with E-state index in [2.05, 4.69) is 11.6 Å². The van der Waals surface area contributed by atoms with Crippen LogP contribution in [0.4, 0.5) is 10.1 Å². The Morgan fingerprint density at radius 1 is 1.67 bits per heavy atom. The number of nitrogens with two attached hydrogens (primary N) is 1. The van der Waals surface area contributed by atoms with Crippen molar-refractivity contribution in [2.75, 3.05) is 5.73 Å². The normalized spacial score (nSPS) is 9.92. The number of aromatic nitrogens is 1. The summed E-state index contributed by atoms with van der Waals surface area (Å²) < 4.78 is 13.0. The second-order valence-electron chi connectivity index (χ2n) is 2.33. The van der Waals surface area contributed by atoms with E-state index in [0.29, 0.717) is 11.3 Å². The molecular formula is C8H8ClFN2. The quantitative estimate of drug-likeness (QED) is 0.684. The van der Waals surface area contributed by atoms with Crippen molar-refractivity contribution >= 4 is 23.4 Å². The highest BCUT2D eigenvalue weighted by Gasteiger charge is 2.11. The van der Waals surface area contributed by atoms with Crippen molar-refractivity contribution in [3.05, 3.63) is 28.8 Å². The molecule has 0 atom stereocenters. The van der Waals surface area contributed by atoms with Crippen LogP contribution in [0.2, 0.25) is 5.15 Å². The molecule has 2 N–H and O–H groups in total. The molecule has 1 aromatic heterocycles. The molecule has 0 saturated carbocycles. The van der Waals surface area contributed by atoms with Gasteiger partial charge >= 0.3 is 0 Å². The van der Waals surface area contributed by atoms with E-state index in [4.69, 9.17) is 17.3 Å². The maximum Gasteiger partial charge on any atom is 0.183 e. The van der Waals surface area contributed by atoms with Gasteiger partial charge < -0.3 is 5.73 Å². The number of halogens is 2. The lowest BCUT2D eigenvalue weighted by molar-refractivity contribution is 0.625. The van der Waals surface area contributed by atoms with Gasteiger partial charge in [0.05, 0.1) is 5.69 Å². The number of nitrogen functional groups attached to an aromatic ring is 1. The molecule has 12 heavy (non-hydrogen) atoms. The van der Waals surface area contributed by atoms with Crippen molar-refractivity contribution in [3.63, 3.8) is 0 Å². The van der Waals surface area contributed by atoms with Gasteiger partial charge in [0.15, 0.2) is 11.0 Å². The first-order valence-electron chi connectivity index (χ1n) is 3.31. The van der Waals surface area contributed by atoms with Crippen molar-refractivity contribution in [3.8, 4) is 0 Å². The topological polar surface area (TPSA) is 38.9 Å². The Kier molecular flexibility index (Phi) is 2.33. The minimum absolute atomic E-state index is 0.00231. The largest absolute Gasteiger partial charge is 0.396 e. The molecule has 0 fully saturated rings. The van der Waals surface area contributed by atoms with Gasteiger partial charge in [-0.1, -0.05) is 24.3 Å². The first-order chi connectivity index (χ1) is 5.57. The molecule has 2 nitrogen and oxygen atoms in total. The summed E-state index contributed by atoms with van der Waals surface area (Å²) in [5.74, 6) is -0.683. The summed E-state index contributed by atoms with van der Waals surface area (Å²) in [5, 5.41) is -0.199. The fourth-order valence-corrected chi connectivity index (χ4v) is 1.17. The lowest BCUT2D eigenvalue weighted by atomic mass is 10.1. The molecule has 0 saturated heterocycles. The molecule has 0 unspecified atom stereocenters. The maximum atomic E-state index is 13.0. The highest BCUT2D eigenvalue weighted by Crippen LogP contribution is 2.24. The third kappa shape index (κ3) is 1.28. The highest BCUT2D eigenvalue weighted by atomic mass is 35.5. The van der Waals surface area contributed by atoms with Crippen LogP contribution in [0.25, 0.3) is 6.08 Å². The number of rotatable bonds is 1. The average molecular weight is 187 g/mol. The zero-order chi connectivity index (χ0) is 9.30. The van der Waals surface area contributed by atoms with Crippen molar-refractivity contribution in [1.82, 2.24) is 4.98 Å². The average Bonchev–Trinajstić information content (AvgIpc) is 2.01. The smallest absolute Gasteiger partial charge is 0.183 e. The van der Waals surface area contributed by atoms with Gasteiger partial charge in [0.25, 0.3) is 0 Å². The molecule has 0 aliphatic heterocycles. The molecular weight excluding hydrogens is 179 g/mol. The Bertz CT molecular complexity index is 336. The molecule has 0 radical (unpaired) electrons. The summed E-state index contributed by atoms with van der Waals surface area (Å²) in [5.41, 5.74) is 6.50. The van der Waals surface area contributed by atoms with E-state index in [1.54, 1.807) is 6.92 Å². The number of hydrogen-bond donors (Lipinski definition) is 1. The second kappa shape index (κ2) is 3.11. The third-order valence-corrected chi connectivity index (χ3v) is 1.82. The van der Waals surface area contributed by atoms with E-state index in [9.17, 15) is 4.39 Å². The molecule has 0 aliphatic carbocycles. The fraction of sp³-hybridized carbons (Fsp3) is 0.125. The van der Waals surface area contributed by atoms with Crippen molar-refractivity contribution in [1.29, 1.82) is 0 Å². The van der Waals surface area contributed by atoms with Gasteiger partial charge in [0, 0.05) is 11.3 Å². The van der Waals surface area contributed by atoms with Gasteiger partial charge in [-0.25, -0.2) is 9.37 Å². The Labute approximate surface area is 74.9 Å².